The number of nitrogens with one attached hydrogen (secondary N) is 3. The molecule has 0 aliphatic heterocycles. The third kappa shape index (κ3) is 4.18. The molecule has 0 atom stereocenters. The molecular formula is C30H26FN7. The smallest absolute Gasteiger partial charge is 0.159 e. The fraction of sp³-hybridized carbons (Fsp3) is 0.200. The summed E-state index contributed by atoms with van der Waals surface area (Å²) in [5.41, 5.74) is 8.03. The zero-order valence-electron chi connectivity index (χ0n) is 20.7. The van der Waals surface area contributed by atoms with Gasteiger partial charge in [0.2, 0.25) is 0 Å². The van der Waals surface area contributed by atoms with Gasteiger partial charge >= 0.3 is 0 Å². The zero-order chi connectivity index (χ0) is 25.5. The molecule has 4 heterocycles. The number of fused-ring (bicyclic) bond motifs is 2. The van der Waals surface area contributed by atoms with E-state index < -0.39 is 0 Å². The van der Waals surface area contributed by atoms with Crippen molar-refractivity contribution in [3.05, 3.63) is 79.1 Å². The lowest BCUT2D eigenvalue weighted by atomic mass is 10.0. The van der Waals surface area contributed by atoms with Crippen LogP contribution in [0.5, 0.6) is 0 Å². The molecule has 1 aliphatic rings. The molecule has 4 aromatic heterocycles. The van der Waals surface area contributed by atoms with E-state index in [1.54, 1.807) is 24.5 Å². The van der Waals surface area contributed by atoms with Gasteiger partial charge in [-0.05, 0) is 60.2 Å². The van der Waals surface area contributed by atoms with Crippen LogP contribution >= 0.6 is 0 Å². The zero-order valence-corrected chi connectivity index (χ0v) is 20.7. The van der Waals surface area contributed by atoms with Gasteiger partial charge in [-0.1, -0.05) is 31.0 Å². The first-order valence-electron chi connectivity index (χ1n) is 13.0. The fourth-order valence-corrected chi connectivity index (χ4v) is 5.43. The molecule has 0 unspecified atom stereocenters. The standard InChI is InChI=1S/C30H26FN7/c31-22-8-5-19(6-9-22)25-16-33-17-27-28(25)36-30(35-27)29-24-12-20(7-10-26(24)37-38-29)21-11-23(15-32-14-21)34-13-18-3-1-2-4-18/h5-12,14-18,34H,1-4,13H2,(H,35,36)(H,37,38). The minimum Gasteiger partial charge on any atom is -0.384 e. The second kappa shape index (κ2) is 9.37. The van der Waals surface area contributed by atoms with E-state index in [-0.39, 0.29) is 5.82 Å². The number of rotatable bonds is 6. The van der Waals surface area contributed by atoms with Crippen LogP contribution in [-0.4, -0.2) is 36.7 Å². The van der Waals surface area contributed by atoms with Crippen molar-refractivity contribution in [1.82, 2.24) is 30.1 Å². The molecule has 6 aromatic rings. The molecule has 0 saturated heterocycles. The first-order valence-corrected chi connectivity index (χ1v) is 13.0. The Morgan fingerprint density at radius 3 is 2.53 bits per heavy atom. The molecule has 2 aromatic carbocycles. The number of H-pyrrole nitrogens is 2. The van der Waals surface area contributed by atoms with E-state index in [1.807, 2.05) is 18.5 Å². The van der Waals surface area contributed by atoms with Gasteiger partial charge < -0.3 is 10.3 Å². The van der Waals surface area contributed by atoms with Gasteiger partial charge in [0.25, 0.3) is 0 Å². The monoisotopic (exact) mass is 503 g/mol. The van der Waals surface area contributed by atoms with Gasteiger partial charge in [0, 0.05) is 41.6 Å². The molecular weight excluding hydrogens is 477 g/mol. The number of halogens is 1. The summed E-state index contributed by atoms with van der Waals surface area (Å²) in [4.78, 5) is 17.1. The van der Waals surface area contributed by atoms with E-state index >= 15 is 0 Å². The van der Waals surface area contributed by atoms with Crippen molar-refractivity contribution in [2.75, 3.05) is 11.9 Å². The van der Waals surface area contributed by atoms with Gasteiger partial charge in [0.05, 0.1) is 28.4 Å². The van der Waals surface area contributed by atoms with E-state index in [0.717, 1.165) is 68.0 Å². The average molecular weight is 504 g/mol. The second-order valence-electron chi connectivity index (χ2n) is 10.0. The van der Waals surface area contributed by atoms with E-state index in [9.17, 15) is 4.39 Å². The normalized spacial score (nSPS) is 14.0. The van der Waals surface area contributed by atoms with Crippen LogP contribution in [0.25, 0.3) is 55.7 Å². The molecule has 0 spiro atoms. The van der Waals surface area contributed by atoms with Crippen LogP contribution < -0.4 is 5.32 Å². The number of imidazole rings is 1. The first-order chi connectivity index (χ1) is 18.7. The van der Waals surface area contributed by atoms with Crippen LogP contribution in [0.3, 0.4) is 0 Å². The summed E-state index contributed by atoms with van der Waals surface area (Å²) in [6.45, 7) is 0.997. The molecule has 1 fully saturated rings. The summed E-state index contributed by atoms with van der Waals surface area (Å²) < 4.78 is 13.5. The highest BCUT2D eigenvalue weighted by atomic mass is 19.1. The van der Waals surface area contributed by atoms with Crippen LogP contribution in [0, 0.1) is 11.7 Å². The predicted molar refractivity (Wildman–Crippen MR) is 148 cm³/mol. The number of pyridine rings is 2. The molecule has 7 nitrogen and oxygen atoms in total. The van der Waals surface area contributed by atoms with E-state index in [1.165, 1.54) is 37.8 Å². The summed E-state index contributed by atoms with van der Waals surface area (Å²) >= 11 is 0. The Kier molecular flexibility index (Phi) is 5.57. The number of aromatic nitrogens is 6. The van der Waals surface area contributed by atoms with Crippen molar-refractivity contribution in [3.8, 4) is 33.8 Å². The number of nitrogens with zero attached hydrogens (tertiary/aromatic N) is 4. The number of benzene rings is 2. The number of aromatic amines is 2. The maximum atomic E-state index is 13.5. The number of hydrogen-bond donors (Lipinski definition) is 3. The highest BCUT2D eigenvalue weighted by Gasteiger charge is 2.17. The Bertz CT molecular complexity index is 1750. The van der Waals surface area contributed by atoms with Crippen LogP contribution in [0.15, 0.2) is 73.3 Å². The highest BCUT2D eigenvalue weighted by molar-refractivity contribution is 5.98. The molecule has 188 valence electrons. The third-order valence-electron chi connectivity index (χ3n) is 7.48. The summed E-state index contributed by atoms with van der Waals surface area (Å²) in [7, 11) is 0. The summed E-state index contributed by atoms with van der Waals surface area (Å²) in [5.74, 6) is 1.12. The number of hydrogen-bond acceptors (Lipinski definition) is 5. The quantitative estimate of drug-likeness (QED) is 0.228. The Morgan fingerprint density at radius 1 is 0.842 bits per heavy atom. The lowest BCUT2D eigenvalue weighted by Crippen LogP contribution is -2.11. The summed E-state index contributed by atoms with van der Waals surface area (Å²) in [6.07, 6.45) is 12.6. The molecule has 3 N–H and O–H groups in total. The molecule has 0 amide bonds. The van der Waals surface area contributed by atoms with Crippen molar-refractivity contribution in [2.45, 2.75) is 25.7 Å². The average Bonchev–Trinajstić information content (AvgIpc) is 3.71. The van der Waals surface area contributed by atoms with Gasteiger partial charge in [0.15, 0.2) is 5.82 Å². The topological polar surface area (TPSA) is 95.2 Å². The lowest BCUT2D eigenvalue weighted by molar-refractivity contribution is 0.580. The Morgan fingerprint density at radius 2 is 1.66 bits per heavy atom. The van der Waals surface area contributed by atoms with Crippen molar-refractivity contribution < 1.29 is 4.39 Å². The van der Waals surface area contributed by atoms with Crippen LogP contribution in [0.4, 0.5) is 10.1 Å². The van der Waals surface area contributed by atoms with Crippen molar-refractivity contribution in [1.29, 1.82) is 0 Å². The SMILES string of the molecule is Fc1ccc(-c2cncc3[nH]c(-c4n[nH]c5ccc(-c6cncc(NCC7CCCC7)c6)cc45)nc23)cc1. The maximum absolute atomic E-state index is 13.5. The van der Waals surface area contributed by atoms with Gasteiger partial charge in [-0.25, -0.2) is 9.37 Å². The van der Waals surface area contributed by atoms with Crippen molar-refractivity contribution in [2.24, 2.45) is 5.92 Å². The van der Waals surface area contributed by atoms with E-state index in [4.69, 9.17) is 4.98 Å². The molecule has 7 rings (SSSR count). The maximum Gasteiger partial charge on any atom is 0.159 e. The first kappa shape index (κ1) is 22.6. The molecule has 1 saturated carbocycles. The molecule has 0 radical (unpaired) electrons. The van der Waals surface area contributed by atoms with E-state index in [2.05, 4.69) is 48.7 Å². The molecule has 8 heteroatoms. The third-order valence-corrected chi connectivity index (χ3v) is 7.48. The van der Waals surface area contributed by atoms with Gasteiger partial charge in [-0.2, -0.15) is 5.10 Å². The van der Waals surface area contributed by atoms with Gasteiger partial charge in [0.1, 0.15) is 11.5 Å². The lowest BCUT2D eigenvalue weighted by Gasteiger charge is -2.12. The molecule has 1 aliphatic carbocycles. The van der Waals surface area contributed by atoms with Gasteiger partial charge in [-0.15, -0.1) is 0 Å². The second-order valence-corrected chi connectivity index (χ2v) is 10.0. The summed E-state index contributed by atoms with van der Waals surface area (Å²) in [5, 5.41) is 12.3. The summed E-state index contributed by atoms with van der Waals surface area (Å²) in [6, 6.07) is 14.8. The Labute approximate surface area is 218 Å². The number of anilines is 1. The minimum absolute atomic E-state index is 0.277. The van der Waals surface area contributed by atoms with Gasteiger partial charge in [-0.3, -0.25) is 15.1 Å². The van der Waals surface area contributed by atoms with Crippen LogP contribution in [0.2, 0.25) is 0 Å². The Hall–Kier alpha value is -4.59. The largest absolute Gasteiger partial charge is 0.384 e. The fourth-order valence-electron chi connectivity index (χ4n) is 5.43. The minimum atomic E-state index is -0.277. The predicted octanol–water partition coefficient (Wildman–Crippen LogP) is 6.97. The van der Waals surface area contributed by atoms with Crippen molar-refractivity contribution >= 4 is 27.6 Å². The van der Waals surface area contributed by atoms with E-state index in [0.29, 0.717) is 5.82 Å². The van der Waals surface area contributed by atoms with Crippen molar-refractivity contribution in [3.63, 3.8) is 0 Å². The Balaban J connectivity index is 1.24. The molecule has 0 bridgehead atoms. The highest BCUT2D eigenvalue weighted by Crippen LogP contribution is 2.33. The van der Waals surface area contributed by atoms with Crippen LogP contribution in [0.1, 0.15) is 25.7 Å². The molecule has 38 heavy (non-hydrogen) atoms. The van der Waals surface area contributed by atoms with Crippen LogP contribution in [-0.2, 0) is 0 Å².